The summed E-state index contributed by atoms with van der Waals surface area (Å²) in [5, 5.41) is 4.73. The van der Waals surface area contributed by atoms with Crippen molar-refractivity contribution >= 4 is 23.5 Å². The monoisotopic (exact) mass is 413 g/mol. The Morgan fingerprint density at radius 2 is 2.07 bits per heavy atom. The summed E-state index contributed by atoms with van der Waals surface area (Å²) in [7, 11) is 1.70. The number of hydrogen-bond donors (Lipinski definition) is 1. The number of halogens is 1. The van der Waals surface area contributed by atoms with E-state index in [0.29, 0.717) is 48.9 Å². The average molecular weight is 414 g/mol. The van der Waals surface area contributed by atoms with Gasteiger partial charge in [0.2, 0.25) is 5.95 Å². The van der Waals surface area contributed by atoms with Crippen molar-refractivity contribution in [1.29, 1.82) is 0 Å². The quantitative estimate of drug-likeness (QED) is 0.489. The summed E-state index contributed by atoms with van der Waals surface area (Å²) in [5.41, 5.74) is 8.83. The number of nitrogens with zero attached hydrogens (tertiary/aromatic N) is 4. The molecule has 0 saturated carbocycles. The summed E-state index contributed by atoms with van der Waals surface area (Å²) in [6, 6.07) is 11.4. The Hall–Kier alpha value is -2.97. The lowest BCUT2D eigenvalue weighted by atomic mass is 10.0. The van der Waals surface area contributed by atoms with E-state index < -0.39 is 5.97 Å². The highest BCUT2D eigenvalue weighted by Crippen LogP contribution is 2.29. The molecule has 4 rings (SSSR count). The highest BCUT2D eigenvalue weighted by Gasteiger charge is 2.27. The average Bonchev–Trinajstić information content (AvgIpc) is 2.96. The van der Waals surface area contributed by atoms with Gasteiger partial charge in [-0.15, -0.1) is 0 Å². The maximum atomic E-state index is 12.9. The third kappa shape index (κ3) is 4.23. The van der Waals surface area contributed by atoms with Crippen LogP contribution in [0, 0.1) is 5.92 Å². The molecule has 0 unspecified atom stereocenters. The standard InChI is InChI=1S/C20H20ClN5O3/c1-26-18(19(27)29-11-13-9-28-10-13)14(7-12-5-3-2-4-6-12)17(25-26)15-8-16(21)24-20(22)23-15/h2-6,8,13H,7,9-11H2,1H3,(H2,22,23,24). The molecule has 8 nitrogen and oxygen atoms in total. The number of rotatable bonds is 6. The van der Waals surface area contributed by atoms with Gasteiger partial charge < -0.3 is 15.2 Å². The van der Waals surface area contributed by atoms with E-state index in [-0.39, 0.29) is 17.0 Å². The van der Waals surface area contributed by atoms with Gasteiger partial charge in [0.25, 0.3) is 0 Å². The van der Waals surface area contributed by atoms with Gasteiger partial charge in [0.15, 0.2) is 0 Å². The Labute approximate surface area is 172 Å². The summed E-state index contributed by atoms with van der Waals surface area (Å²) in [6.45, 7) is 1.54. The van der Waals surface area contributed by atoms with Crippen molar-refractivity contribution in [3.05, 3.63) is 58.4 Å². The zero-order valence-corrected chi connectivity index (χ0v) is 16.6. The molecule has 1 aromatic carbocycles. The Kier molecular flexibility index (Phi) is 5.46. The first kappa shape index (κ1) is 19.4. The van der Waals surface area contributed by atoms with Gasteiger partial charge in [-0.25, -0.2) is 14.8 Å². The molecule has 3 heterocycles. The Morgan fingerprint density at radius 3 is 2.72 bits per heavy atom. The van der Waals surface area contributed by atoms with Gasteiger partial charge in [0.05, 0.1) is 25.5 Å². The lowest BCUT2D eigenvalue weighted by Gasteiger charge is -2.25. The van der Waals surface area contributed by atoms with Crippen molar-refractivity contribution in [2.45, 2.75) is 6.42 Å². The smallest absolute Gasteiger partial charge is 0.356 e. The van der Waals surface area contributed by atoms with E-state index in [4.69, 9.17) is 26.8 Å². The molecule has 1 fully saturated rings. The molecule has 9 heteroatoms. The molecule has 150 valence electrons. The number of anilines is 1. The SMILES string of the molecule is Cn1nc(-c2cc(Cl)nc(N)n2)c(Cc2ccccc2)c1C(=O)OCC1COC1. The van der Waals surface area contributed by atoms with Gasteiger partial charge in [-0.05, 0) is 5.56 Å². The molecule has 0 radical (unpaired) electrons. The normalized spacial score (nSPS) is 13.9. The molecular formula is C20H20ClN5O3. The molecule has 1 saturated heterocycles. The lowest BCUT2D eigenvalue weighted by Crippen LogP contribution is -2.32. The van der Waals surface area contributed by atoms with Crippen molar-refractivity contribution in [3.8, 4) is 11.4 Å². The Morgan fingerprint density at radius 1 is 1.31 bits per heavy atom. The van der Waals surface area contributed by atoms with E-state index in [1.165, 1.54) is 4.68 Å². The molecule has 0 aliphatic carbocycles. The highest BCUT2D eigenvalue weighted by atomic mass is 35.5. The molecule has 0 bridgehead atoms. The molecule has 2 N–H and O–H groups in total. The van der Waals surface area contributed by atoms with Crippen molar-refractivity contribution in [1.82, 2.24) is 19.7 Å². The number of aryl methyl sites for hydroxylation is 1. The highest BCUT2D eigenvalue weighted by molar-refractivity contribution is 6.29. The zero-order chi connectivity index (χ0) is 20.4. The molecule has 0 spiro atoms. The van der Waals surface area contributed by atoms with Gasteiger partial charge in [-0.1, -0.05) is 41.9 Å². The second-order valence-corrected chi connectivity index (χ2v) is 7.29. The van der Waals surface area contributed by atoms with Crippen LogP contribution in [0.5, 0.6) is 0 Å². The number of hydrogen-bond acceptors (Lipinski definition) is 7. The predicted molar refractivity (Wildman–Crippen MR) is 107 cm³/mol. The summed E-state index contributed by atoms with van der Waals surface area (Å²) in [6.07, 6.45) is 0.475. The van der Waals surface area contributed by atoms with Crippen molar-refractivity contribution in [2.24, 2.45) is 13.0 Å². The van der Waals surface area contributed by atoms with E-state index in [0.717, 1.165) is 5.56 Å². The minimum Gasteiger partial charge on any atom is -0.460 e. The number of nitrogen functional groups attached to an aromatic ring is 1. The molecule has 1 aliphatic heterocycles. The number of carbonyl (C=O) groups excluding carboxylic acids is 1. The molecular weight excluding hydrogens is 394 g/mol. The van der Waals surface area contributed by atoms with E-state index >= 15 is 0 Å². The van der Waals surface area contributed by atoms with Gasteiger partial charge in [-0.2, -0.15) is 5.10 Å². The first-order valence-corrected chi connectivity index (χ1v) is 9.54. The van der Waals surface area contributed by atoms with Crippen LogP contribution in [0.2, 0.25) is 5.15 Å². The second kappa shape index (κ2) is 8.18. The van der Waals surface area contributed by atoms with E-state index in [2.05, 4.69) is 15.1 Å². The van der Waals surface area contributed by atoms with Crippen LogP contribution in [0.4, 0.5) is 5.95 Å². The maximum Gasteiger partial charge on any atom is 0.356 e. The summed E-state index contributed by atoms with van der Waals surface area (Å²) in [4.78, 5) is 21.0. The largest absolute Gasteiger partial charge is 0.460 e. The van der Waals surface area contributed by atoms with Crippen LogP contribution in [0.15, 0.2) is 36.4 Å². The van der Waals surface area contributed by atoms with Crippen LogP contribution in [-0.2, 0) is 22.9 Å². The predicted octanol–water partition coefficient (Wildman–Crippen LogP) is 2.51. The minimum atomic E-state index is -0.433. The van der Waals surface area contributed by atoms with Gasteiger partial charge in [0.1, 0.15) is 16.5 Å². The minimum absolute atomic E-state index is 0.0397. The van der Waals surface area contributed by atoms with Crippen molar-refractivity contribution in [3.63, 3.8) is 0 Å². The molecule has 0 amide bonds. The number of nitrogens with two attached hydrogens (primary N) is 1. The summed E-state index contributed by atoms with van der Waals surface area (Å²) >= 11 is 6.06. The van der Waals surface area contributed by atoms with Gasteiger partial charge >= 0.3 is 5.97 Å². The van der Waals surface area contributed by atoms with Crippen LogP contribution in [0.25, 0.3) is 11.4 Å². The van der Waals surface area contributed by atoms with E-state index in [9.17, 15) is 4.79 Å². The Balaban J connectivity index is 1.74. The second-order valence-electron chi connectivity index (χ2n) is 6.90. The van der Waals surface area contributed by atoms with Crippen LogP contribution in [0.3, 0.4) is 0 Å². The first-order chi connectivity index (χ1) is 14.0. The fourth-order valence-electron chi connectivity index (χ4n) is 3.20. The molecule has 1 aliphatic rings. The third-order valence-corrected chi connectivity index (χ3v) is 4.87. The van der Waals surface area contributed by atoms with Crippen LogP contribution >= 0.6 is 11.6 Å². The number of benzene rings is 1. The number of aromatic nitrogens is 4. The summed E-state index contributed by atoms with van der Waals surface area (Å²) < 4.78 is 12.2. The van der Waals surface area contributed by atoms with Gasteiger partial charge in [-0.3, -0.25) is 4.68 Å². The van der Waals surface area contributed by atoms with Crippen molar-refractivity contribution < 1.29 is 14.3 Å². The fourth-order valence-corrected chi connectivity index (χ4v) is 3.39. The van der Waals surface area contributed by atoms with Gasteiger partial charge in [0, 0.05) is 31.0 Å². The third-order valence-electron chi connectivity index (χ3n) is 4.67. The van der Waals surface area contributed by atoms with E-state index in [1.807, 2.05) is 30.3 Å². The van der Waals surface area contributed by atoms with Crippen LogP contribution < -0.4 is 5.73 Å². The number of esters is 1. The topological polar surface area (TPSA) is 105 Å². The molecule has 29 heavy (non-hydrogen) atoms. The molecule has 3 aromatic rings. The molecule has 0 atom stereocenters. The maximum absolute atomic E-state index is 12.9. The Bertz CT molecular complexity index is 1010. The molecule has 2 aromatic heterocycles. The first-order valence-electron chi connectivity index (χ1n) is 9.16. The number of carbonyl (C=O) groups is 1. The summed E-state index contributed by atoms with van der Waals surface area (Å²) in [5.74, 6) is -0.153. The number of ether oxygens (including phenoxy) is 2. The van der Waals surface area contributed by atoms with Crippen molar-refractivity contribution in [2.75, 3.05) is 25.6 Å². The lowest BCUT2D eigenvalue weighted by molar-refractivity contribution is -0.0616. The van der Waals surface area contributed by atoms with E-state index in [1.54, 1.807) is 13.1 Å². The van der Waals surface area contributed by atoms with Crippen LogP contribution in [-0.4, -0.2) is 45.5 Å². The fraction of sp³-hybridized carbons (Fsp3) is 0.300. The van der Waals surface area contributed by atoms with Crippen LogP contribution in [0.1, 0.15) is 21.6 Å². The zero-order valence-electron chi connectivity index (χ0n) is 15.8.